The number of carbonyl (C=O) groups excluding carboxylic acids is 2. The van der Waals surface area contributed by atoms with Crippen LogP contribution in [0.25, 0.3) is 0 Å². The summed E-state index contributed by atoms with van der Waals surface area (Å²) in [5, 5.41) is 2.79. The zero-order valence-corrected chi connectivity index (χ0v) is 16.8. The minimum absolute atomic E-state index is 0.212. The summed E-state index contributed by atoms with van der Waals surface area (Å²) < 4.78 is 16.0. The third-order valence-electron chi connectivity index (χ3n) is 5.09. The fraction of sp³-hybridized carbons (Fsp3) is 0.429. The van der Waals surface area contributed by atoms with E-state index in [1.54, 1.807) is 6.92 Å². The molecular weight excluding hydrogens is 378 g/mol. The molecule has 0 saturated heterocycles. The van der Waals surface area contributed by atoms with E-state index in [9.17, 15) is 9.59 Å². The van der Waals surface area contributed by atoms with Crippen molar-refractivity contribution in [1.82, 2.24) is 5.32 Å². The van der Waals surface area contributed by atoms with Crippen molar-refractivity contribution >= 4 is 23.2 Å². The fourth-order valence-electron chi connectivity index (χ4n) is 3.46. The highest BCUT2D eigenvalue weighted by atomic mass is 32.1. The molecule has 1 aliphatic carbocycles. The van der Waals surface area contributed by atoms with Crippen molar-refractivity contribution in [3.63, 3.8) is 0 Å². The predicted octanol–water partition coefficient (Wildman–Crippen LogP) is 3.46. The first-order valence-electron chi connectivity index (χ1n) is 9.48. The number of fused-ring (bicyclic) bond motifs is 2. The topological polar surface area (TPSA) is 73.9 Å². The van der Waals surface area contributed by atoms with Gasteiger partial charge in [0.05, 0.1) is 0 Å². The monoisotopic (exact) mass is 401 g/mol. The molecule has 0 fully saturated rings. The second-order valence-corrected chi connectivity index (χ2v) is 8.50. The molecule has 0 saturated carbocycles. The van der Waals surface area contributed by atoms with Crippen LogP contribution in [0.1, 0.15) is 45.9 Å². The maximum Gasteiger partial charge on any atom is 0.349 e. The second kappa shape index (κ2) is 7.83. The molecule has 2 heterocycles. The Morgan fingerprint density at radius 3 is 2.96 bits per heavy atom. The molecule has 1 amide bonds. The van der Waals surface area contributed by atoms with Crippen molar-refractivity contribution in [1.29, 1.82) is 0 Å². The van der Waals surface area contributed by atoms with Gasteiger partial charge in [0.1, 0.15) is 4.88 Å². The number of carbonyl (C=O) groups is 2. The number of rotatable bonds is 5. The van der Waals surface area contributed by atoms with E-state index in [0.717, 1.165) is 24.8 Å². The number of benzene rings is 1. The number of hydrogen-bond acceptors (Lipinski definition) is 6. The molecule has 2 unspecified atom stereocenters. The van der Waals surface area contributed by atoms with Crippen LogP contribution in [0.5, 0.6) is 11.5 Å². The molecule has 2 aliphatic rings. The SMILES string of the molecule is CC1CCc2sc(C(=O)OC(C)C(=O)NCc3ccc4c(c3)OCO4)cc2C1. The lowest BCUT2D eigenvalue weighted by Crippen LogP contribution is -2.35. The summed E-state index contributed by atoms with van der Waals surface area (Å²) >= 11 is 1.49. The molecule has 7 heteroatoms. The third kappa shape index (κ3) is 3.99. The lowest BCUT2D eigenvalue weighted by Gasteiger charge is -2.16. The van der Waals surface area contributed by atoms with Crippen molar-refractivity contribution in [2.45, 2.75) is 45.8 Å². The second-order valence-electron chi connectivity index (χ2n) is 7.36. The van der Waals surface area contributed by atoms with Crippen LogP contribution in [0, 0.1) is 5.92 Å². The highest BCUT2D eigenvalue weighted by Gasteiger charge is 2.24. The van der Waals surface area contributed by atoms with Crippen molar-refractivity contribution in [2.24, 2.45) is 5.92 Å². The summed E-state index contributed by atoms with van der Waals surface area (Å²) in [6.07, 6.45) is 2.31. The number of esters is 1. The Kier molecular flexibility index (Phi) is 5.26. The highest BCUT2D eigenvalue weighted by Crippen LogP contribution is 2.33. The molecule has 2 atom stereocenters. The van der Waals surface area contributed by atoms with E-state index < -0.39 is 12.1 Å². The summed E-state index contributed by atoms with van der Waals surface area (Å²) in [5.74, 6) is 1.25. The van der Waals surface area contributed by atoms with Gasteiger partial charge in [-0.3, -0.25) is 4.79 Å². The minimum Gasteiger partial charge on any atom is -0.454 e. The Bertz CT molecular complexity index is 906. The normalized spacial score (nSPS) is 18.3. The molecule has 0 radical (unpaired) electrons. The number of hydrogen-bond donors (Lipinski definition) is 1. The first-order valence-corrected chi connectivity index (χ1v) is 10.3. The average molecular weight is 401 g/mol. The Labute approximate surface area is 167 Å². The van der Waals surface area contributed by atoms with Gasteiger partial charge in [0.15, 0.2) is 17.6 Å². The summed E-state index contributed by atoms with van der Waals surface area (Å²) in [5.41, 5.74) is 2.13. The van der Waals surface area contributed by atoms with Gasteiger partial charge < -0.3 is 19.5 Å². The largest absolute Gasteiger partial charge is 0.454 e. The summed E-state index contributed by atoms with van der Waals surface area (Å²) in [6, 6.07) is 7.43. The zero-order valence-electron chi connectivity index (χ0n) is 15.9. The van der Waals surface area contributed by atoms with Crippen LogP contribution in [0.4, 0.5) is 0 Å². The Balaban J connectivity index is 1.31. The van der Waals surface area contributed by atoms with Crippen molar-refractivity contribution in [3.05, 3.63) is 45.1 Å². The summed E-state index contributed by atoms with van der Waals surface area (Å²) in [6.45, 7) is 4.35. The van der Waals surface area contributed by atoms with Gasteiger partial charge in [0.25, 0.3) is 5.91 Å². The standard InChI is InChI=1S/C21H23NO5S/c1-12-3-6-18-15(7-12)9-19(28-18)21(24)27-13(2)20(23)22-10-14-4-5-16-17(8-14)26-11-25-16/h4-5,8-9,12-13H,3,6-7,10-11H2,1-2H3,(H,22,23). The van der Waals surface area contributed by atoms with Crippen molar-refractivity contribution < 1.29 is 23.8 Å². The van der Waals surface area contributed by atoms with E-state index in [-0.39, 0.29) is 12.7 Å². The molecule has 1 aliphatic heterocycles. The van der Waals surface area contributed by atoms with Crippen LogP contribution in [-0.4, -0.2) is 24.8 Å². The quantitative estimate of drug-likeness (QED) is 0.777. The summed E-state index contributed by atoms with van der Waals surface area (Å²) in [7, 11) is 0. The Hall–Kier alpha value is -2.54. The van der Waals surface area contributed by atoms with Gasteiger partial charge in [-0.1, -0.05) is 13.0 Å². The lowest BCUT2D eigenvalue weighted by atomic mass is 9.90. The van der Waals surface area contributed by atoms with Gasteiger partial charge in [-0.05, 0) is 61.4 Å². The first kappa shape index (κ1) is 18.8. The van der Waals surface area contributed by atoms with Crippen LogP contribution < -0.4 is 14.8 Å². The molecule has 2 aromatic rings. The Morgan fingerprint density at radius 1 is 1.29 bits per heavy atom. The number of nitrogens with one attached hydrogen (secondary N) is 1. The molecule has 1 aromatic carbocycles. The van der Waals surface area contributed by atoms with E-state index in [0.29, 0.717) is 28.8 Å². The van der Waals surface area contributed by atoms with Crippen LogP contribution in [0.3, 0.4) is 0 Å². The zero-order chi connectivity index (χ0) is 19.7. The first-order chi connectivity index (χ1) is 13.5. The van der Waals surface area contributed by atoms with E-state index in [1.807, 2.05) is 24.3 Å². The maximum absolute atomic E-state index is 12.4. The van der Waals surface area contributed by atoms with Crippen molar-refractivity contribution in [3.8, 4) is 11.5 Å². The van der Waals surface area contributed by atoms with E-state index >= 15 is 0 Å². The maximum atomic E-state index is 12.4. The van der Waals surface area contributed by atoms with Crippen LogP contribution in [-0.2, 0) is 28.9 Å². The van der Waals surface area contributed by atoms with Crippen LogP contribution >= 0.6 is 11.3 Å². The van der Waals surface area contributed by atoms with Crippen molar-refractivity contribution in [2.75, 3.05) is 6.79 Å². The average Bonchev–Trinajstić information content (AvgIpc) is 3.31. The number of ether oxygens (including phenoxy) is 3. The van der Waals surface area contributed by atoms with Gasteiger partial charge in [-0.25, -0.2) is 4.79 Å². The van der Waals surface area contributed by atoms with E-state index in [4.69, 9.17) is 14.2 Å². The lowest BCUT2D eigenvalue weighted by molar-refractivity contribution is -0.129. The molecule has 0 bridgehead atoms. The predicted molar refractivity (Wildman–Crippen MR) is 105 cm³/mol. The Morgan fingerprint density at radius 2 is 2.11 bits per heavy atom. The van der Waals surface area contributed by atoms with Gasteiger partial charge in [-0.15, -0.1) is 11.3 Å². The van der Waals surface area contributed by atoms with Crippen LogP contribution in [0.2, 0.25) is 0 Å². The molecular formula is C21H23NO5S. The third-order valence-corrected chi connectivity index (χ3v) is 6.30. The molecule has 4 rings (SSSR count). The molecule has 6 nitrogen and oxygen atoms in total. The molecule has 148 valence electrons. The number of thiophene rings is 1. The van der Waals surface area contributed by atoms with Crippen LogP contribution in [0.15, 0.2) is 24.3 Å². The molecule has 1 N–H and O–H groups in total. The summed E-state index contributed by atoms with van der Waals surface area (Å²) in [4.78, 5) is 26.6. The van der Waals surface area contributed by atoms with Gasteiger partial charge >= 0.3 is 5.97 Å². The fourth-order valence-corrected chi connectivity index (χ4v) is 4.55. The van der Waals surface area contributed by atoms with E-state index in [1.165, 1.54) is 21.8 Å². The molecule has 28 heavy (non-hydrogen) atoms. The number of amides is 1. The van der Waals surface area contributed by atoms with Gasteiger partial charge in [-0.2, -0.15) is 0 Å². The van der Waals surface area contributed by atoms with Gasteiger partial charge in [0, 0.05) is 11.4 Å². The van der Waals surface area contributed by atoms with E-state index in [2.05, 4.69) is 12.2 Å². The molecule has 1 aromatic heterocycles. The number of aryl methyl sites for hydroxylation is 1. The van der Waals surface area contributed by atoms with Gasteiger partial charge in [0.2, 0.25) is 6.79 Å². The molecule has 0 spiro atoms. The smallest absolute Gasteiger partial charge is 0.349 e. The highest BCUT2D eigenvalue weighted by molar-refractivity contribution is 7.14. The minimum atomic E-state index is -0.862.